The molecule has 2 aromatic carbocycles. The van der Waals surface area contributed by atoms with E-state index in [1.165, 1.54) is 6.07 Å². The van der Waals surface area contributed by atoms with Crippen molar-refractivity contribution in [2.45, 2.75) is 25.4 Å². The molecule has 5 heteroatoms. The van der Waals surface area contributed by atoms with Crippen molar-refractivity contribution in [2.75, 3.05) is 0 Å². The van der Waals surface area contributed by atoms with E-state index >= 15 is 0 Å². The molecule has 2 N–H and O–H groups in total. The fourth-order valence-corrected chi connectivity index (χ4v) is 2.19. The molecule has 1 saturated carbocycles. The zero-order valence-corrected chi connectivity index (χ0v) is 12.5. The molecule has 0 heterocycles. The highest BCUT2D eigenvalue weighted by Gasteiger charge is 2.23. The second kappa shape index (κ2) is 6.60. The first kappa shape index (κ1) is 15.2. The quantitative estimate of drug-likeness (QED) is 0.892. The minimum atomic E-state index is -0.347. The summed E-state index contributed by atoms with van der Waals surface area (Å²) >= 11 is 0. The average Bonchev–Trinajstić information content (AvgIpc) is 3.38. The minimum Gasteiger partial charge on any atom is -0.349 e. The fraction of sp³-hybridized carbons (Fsp3) is 0.222. The molecule has 1 aliphatic rings. The maximum Gasteiger partial charge on any atom is 0.251 e. The van der Waals surface area contributed by atoms with Crippen molar-refractivity contribution in [3.63, 3.8) is 0 Å². The van der Waals surface area contributed by atoms with E-state index in [1.807, 2.05) is 0 Å². The molecule has 118 valence electrons. The van der Waals surface area contributed by atoms with E-state index in [2.05, 4.69) is 10.6 Å². The summed E-state index contributed by atoms with van der Waals surface area (Å²) in [6.45, 7) is 0.120. The molecular weight excluding hydrogens is 295 g/mol. The van der Waals surface area contributed by atoms with E-state index in [9.17, 15) is 14.0 Å². The number of benzene rings is 2. The normalized spacial score (nSPS) is 13.4. The molecule has 1 fully saturated rings. The van der Waals surface area contributed by atoms with Gasteiger partial charge in [0.2, 0.25) is 0 Å². The number of nitrogens with one attached hydrogen (secondary N) is 2. The van der Waals surface area contributed by atoms with Crippen LogP contribution in [0, 0.1) is 5.82 Å². The van der Waals surface area contributed by atoms with Gasteiger partial charge in [0.1, 0.15) is 5.82 Å². The lowest BCUT2D eigenvalue weighted by molar-refractivity contribution is 0.0939. The first-order chi connectivity index (χ1) is 11.1. The Hall–Kier alpha value is -2.69. The maximum absolute atomic E-state index is 13.5. The van der Waals surface area contributed by atoms with Gasteiger partial charge in [0, 0.05) is 29.3 Å². The Morgan fingerprint density at radius 3 is 2.17 bits per heavy atom. The predicted octanol–water partition coefficient (Wildman–Crippen LogP) is 2.65. The minimum absolute atomic E-state index is 0.120. The number of carbonyl (C=O) groups excluding carboxylic acids is 2. The van der Waals surface area contributed by atoms with Crippen LogP contribution in [-0.4, -0.2) is 17.9 Å². The van der Waals surface area contributed by atoms with Gasteiger partial charge in [0.05, 0.1) is 0 Å². The van der Waals surface area contributed by atoms with Crippen LogP contribution in [0.15, 0.2) is 48.5 Å². The van der Waals surface area contributed by atoms with Gasteiger partial charge in [-0.3, -0.25) is 9.59 Å². The molecule has 0 unspecified atom stereocenters. The van der Waals surface area contributed by atoms with Gasteiger partial charge in [-0.15, -0.1) is 0 Å². The summed E-state index contributed by atoms with van der Waals surface area (Å²) in [5.41, 5.74) is 1.40. The Morgan fingerprint density at radius 1 is 0.957 bits per heavy atom. The lowest BCUT2D eigenvalue weighted by Crippen LogP contribution is -2.26. The molecular formula is C18H17FN2O2. The first-order valence-electron chi connectivity index (χ1n) is 7.56. The van der Waals surface area contributed by atoms with Gasteiger partial charge < -0.3 is 10.6 Å². The molecule has 23 heavy (non-hydrogen) atoms. The summed E-state index contributed by atoms with van der Waals surface area (Å²) in [5, 5.41) is 5.56. The third kappa shape index (κ3) is 3.94. The molecule has 0 bridgehead atoms. The number of rotatable bonds is 5. The van der Waals surface area contributed by atoms with Gasteiger partial charge >= 0.3 is 0 Å². The number of halogens is 1. The fourth-order valence-electron chi connectivity index (χ4n) is 2.19. The molecule has 3 rings (SSSR count). The van der Waals surface area contributed by atoms with Gasteiger partial charge in [-0.1, -0.05) is 18.2 Å². The third-order valence-corrected chi connectivity index (χ3v) is 3.72. The average molecular weight is 312 g/mol. The molecule has 4 nitrogen and oxygen atoms in total. The molecule has 0 radical (unpaired) electrons. The Morgan fingerprint density at radius 2 is 1.57 bits per heavy atom. The number of hydrogen-bond donors (Lipinski definition) is 2. The van der Waals surface area contributed by atoms with Crippen molar-refractivity contribution in [3.05, 3.63) is 71.0 Å². The highest BCUT2D eigenvalue weighted by Crippen LogP contribution is 2.19. The number of amides is 2. The Balaban J connectivity index is 1.59. The Kier molecular flexibility index (Phi) is 4.37. The maximum atomic E-state index is 13.5. The second-order valence-electron chi connectivity index (χ2n) is 5.60. The van der Waals surface area contributed by atoms with Crippen LogP contribution in [0.5, 0.6) is 0 Å². The summed E-state index contributed by atoms with van der Waals surface area (Å²) in [6, 6.07) is 13.0. The summed E-state index contributed by atoms with van der Waals surface area (Å²) in [7, 11) is 0. The van der Waals surface area contributed by atoms with Gasteiger partial charge in [0.15, 0.2) is 0 Å². The smallest absolute Gasteiger partial charge is 0.251 e. The van der Waals surface area contributed by atoms with Crippen molar-refractivity contribution < 1.29 is 14.0 Å². The Labute approximate surface area is 133 Å². The van der Waals surface area contributed by atoms with Crippen LogP contribution >= 0.6 is 0 Å². The predicted molar refractivity (Wildman–Crippen MR) is 84.5 cm³/mol. The SMILES string of the molecule is O=C(NCc1ccccc1F)c1ccc(C(=O)NC2CC2)cc1. The van der Waals surface area contributed by atoms with Crippen molar-refractivity contribution in [1.82, 2.24) is 10.6 Å². The zero-order valence-electron chi connectivity index (χ0n) is 12.5. The van der Waals surface area contributed by atoms with Crippen molar-refractivity contribution in [3.8, 4) is 0 Å². The lowest BCUT2D eigenvalue weighted by Gasteiger charge is -2.07. The summed E-state index contributed by atoms with van der Waals surface area (Å²) in [4.78, 5) is 23.9. The van der Waals surface area contributed by atoms with E-state index in [0.29, 0.717) is 22.7 Å². The largest absolute Gasteiger partial charge is 0.349 e. The zero-order chi connectivity index (χ0) is 16.2. The summed E-state index contributed by atoms with van der Waals surface area (Å²) in [5.74, 6) is -0.770. The third-order valence-electron chi connectivity index (χ3n) is 3.72. The highest BCUT2D eigenvalue weighted by atomic mass is 19.1. The molecule has 0 aromatic heterocycles. The molecule has 2 amide bonds. The highest BCUT2D eigenvalue weighted by molar-refractivity contribution is 5.97. The van der Waals surface area contributed by atoms with E-state index < -0.39 is 0 Å². The van der Waals surface area contributed by atoms with Crippen LogP contribution in [0.25, 0.3) is 0 Å². The molecule has 0 aliphatic heterocycles. The van der Waals surface area contributed by atoms with E-state index in [1.54, 1.807) is 42.5 Å². The number of hydrogen-bond acceptors (Lipinski definition) is 2. The van der Waals surface area contributed by atoms with Crippen molar-refractivity contribution in [2.24, 2.45) is 0 Å². The van der Waals surface area contributed by atoms with Crippen LogP contribution in [0.1, 0.15) is 39.1 Å². The van der Waals surface area contributed by atoms with Gasteiger partial charge in [-0.05, 0) is 43.2 Å². The standard InChI is InChI=1S/C18H17FN2O2/c19-16-4-2-1-3-14(16)11-20-17(22)12-5-7-13(8-6-12)18(23)21-15-9-10-15/h1-8,15H,9-11H2,(H,20,22)(H,21,23). The molecule has 1 aliphatic carbocycles. The first-order valence-corrected chi connectivity index (χ1v) is 7.56. The second-order valence-corrected chi connectivity index (χ2v) is 5.60. The topological polar surface area (TPSA) is 58.2 Å². The van der Waals surface area contributed by atoms with Crippen LogP contribution in [0.4, 0.5) is 4.39 Å². The lowest BCUT2D eigenvalue weighted by atomic mass is 10.1. The van der Waals surface area contributed by atoms with Crippen LogP contribution in [0.2, 0.25) is 0 Å². The van der Waals surface area contributed by atoms with Crippen LogP contribution in [0.3, 0.4) is 0 Å². The molecule has 0 saturated heterocycles. The van der Waals surface area contributed by atoms with Crippen LogP contribution in [-0.2, 0) is 6.54 Å². The van der Waals surface area contributed by atoms with Crippen LogP contribution < -0.4 is 10.6 Å². The van der Waals surface area contributed by atoms with Gasteiger partial charge in [-0.2, -0.15) is 0 Å². The van der Waals surface area contributed by atoms with Crippen molar-refractivity contribution >= 4 is 11.8 Å². The summed E-state index contributed by atoms with van der Waals surface area (Å²) < 4.78 is 13.5. The molecule has 0 atom stereocenters. The molecule has 0 spiro atoms. The van der Waals surface area contributed by atoms with Crippen molar-refractivity contribution in [1.29, 1.82) is 0 Å². The number of carbonyl (C=O) groups is 2. The van der Waals surface area contributed by atoms with Gasteiger partial charge in [-0.25, -0.2) is 4.39 Å². The van der Waals surface area contributed by atoms with E-state index in [0.717, 1.165) is 12.8 Å². The van der Waals surface area contributed by atoms with E-state index in [-0.39, 0.29) is 24.2 Å². The monoisotopic (exact) mass is 312 g/mol. The van der Waals surface area contributed by atoms with Gasteiger partial charge in [0.25, 0.3) is 11.8 Å². The molecule has 2 aromatic rings. The van der Waals surface area contributed by atoms with E-state index in [4.69, 9.17) is 0 Å². The Bertz CT molecular complexity index is 724. The summed E-state index contributed by atoms with van der Waals surface area (Å²) in [6.07, 6.45) is 2.06.